The van der Waals surface area contributed by atoms with Crippen LogP contribution in [0.3, 0.4) is 0 Å². The zero-order chi connectivity index (χ0) is 11.2. The summed E-state index contributed by atoms with van der Waals surface area (Å²) < 4.78 is 0. The van der Waals surface area contributed by atoms with E-state index in [0.717, 1.165) is 19.3 Å². The largest absolute Gasteiger partial charge is 0.294 e. The molecule has 0 amide bonds. The number of ketones is 1. The average molecular weight is 216 g/mol. The molecule has 1 heteroatoms. The van der Waals surface area contributed by atoms with E-state index < -0.39 is 0 Å². The van der Waals surface area contributed by atoms with Crippen molar-refractivity contribution in [3.8, 4) is 0 Å². The summed E-state index contributed by atoms with van der Waals surface area (Å²) in [4.78, 5) is 12.4. The molecular formula is C15H20O. The van der Waals surface area contributed by atoms with Crippen molar-refractivity contribution in [3.05, 3.63) is 23.3 Å². The lowest BCUT2D eigenvalue weighted by Gasteiger charge is -2.34. The predicted octanol–water partition coefficient (Wildman–Crippen LogP) is 3.80. The van der Waals surface area contributed by atoms with Crippen molar-refractivity contribution in [2.24, 2.45) is 11.3 Å². The number of Topliss-reactive ketones (excluding diaryl/α,β-unsaturated/α-hetero) is 1. The average Bonchev–Trinajstić information content (AvgIpc) is 3.02. The standard InChI is InChI=1S/C15H20O/c1-11-5-4-10-15(8-2-3-9-15)13(11)14(16)12-6-7-12/h4-5,12H,2-3,6-10H2,1H3. The van der Waals surface area contributed by atoms with Crippen LogP contribution >= 0.6 is 0 Å². The fraction of sp³-hybridized carbons (Fsp3) is 0.667. The van der Waals surface area contributed by atoms with Crippen LogP contribution in [0.4, 0.5) is 0 Å². The maximum atomic E-state index is 12.4. The molecule has 2 fully saturated rings. The van der Waals surface area contributed by atoms with Gasteiger partial charge in [0.2, 0.25) is 0 Å². The Hall–Kier alpha value is -0.850. The molecule has 0 bridgehead atoms. The fourth-order valence-electron chi connectivity index (χ4n) is 3.58. The van der Waals surface area contributed by atoms with Crippen molar-refractivity contribution in [2.45, 2.75) is 51.9 Å². The van der Waals surface area contributed by atoms with Gasteiger partial charge in [-0.25, -0.2) is 0 Å². The van der Waals surface area contributed by atoms with E-state index in [4.69, 9.17) is 0 Å². The molecule has 3 aliphatic carbocycles. The van der Waals surface area contributed by atoms with E-state index in [-0.39, 0.29) is 5.41 Å². The fourth-order valence-corrected chi connectivity index (χ4v) is 3.58. The molecule has 0 aromatic rings. The molecule has 0 atom stereocenters. The molecule has 0 unspecified atom stereocenters. The minimum absolute atomic E-state index is 0.249. The highest BCUT2D eigenvalue weighted by molar-refractivity contribution is 6.01. The van der Waals surface area contributed by atoms with E-state index in [9.17, 15) is 4.79 Å². The van der Waals surface area contributed by atoms with E-state index >= 15 is 0 Å². The van der Waals surface area contributed by atoms with Crippen LogP contribution in [0.2, 0.25) is 0 Å². The molecular weight excluding hydrogens is 196 g/mol. The van der Waals surface area contributed by atoms with Crippen LogP contribution in [0.5, 0.6) is 0 Å². The van der Waals surface area contributed by atoms with Gasteiger partial charge in [-0.3, -0.25) is 4.79 Å². The molecule has 1 spiro atoms. The van der Waals surface area contributed by atoms with Gasteiger partial charge in [-0.05, 0) is 44.6 Å². The maximum absolute atomic E-state index is 12.4. The second-order valence-corrected chi connectivity index (χ2v) is 5.79. The number of carbonyl (C=O) groups is 1. The summed E-state index contributed by atoms with van der Waals surface area (Å²) in [5, 5.41) is 0. The molecule has 0 aromatic carbocycles. The number of allylic oxidation sites excluding steroid dienone is 4. The third kappa shape index (κ3) is 1.49. The van der Waals surface area contributed by atoms with Gasteiger partial charge in [0.1, 0.15) is 0 Å². The van der Waals surface area contributed by atoms with Crippen molar-refractivity contribution >= 4 is 5.78 Å². The molecule has 0 saturated heterocycles. The molecule has 3 aliphatic rings. The lowest BCUT2D eigenvalue weighted by molar-refractivity contribution is -0.117. The molecule has 86 valence electrons. The summed E-state index contributed by atoms with van der Waals surface area (Å²) in [6.45, 7) is 2.13. The molecule has 2 saturated carbocycles. The highest BCUT2D eigenvalue weighted by Crippen LogP contribution is 2.52. The lowest BCUT2D eigenvalue weighted by Crippen LogP contribution is -2.28. The number of hydrogen-bond acceptors (Lipinski definition) is 1. The molecule has 0 aromatic heterocycles. The van der Waals surface area contributed by atoms with E-state index in [1.807, 2.05) is 0 Å². The molecule has 0 N–H and O–H groups in total. The summed E-state index contributed by atoms with van der Waals surface area (Å²) in [6, 6.07) is 0. The predicted molar refractivity (Wildman–Crippen MR) is 65.1 cm³/mol. The number of hydrogen-bond donors (Lipinski definition) is 0. The zero-order valence-electron chi connectivity index (χ0n) is 10.1. The third-order valence-electron chi connectivity index (χ3n) is 4.56. The van der Waals surface area contributed by atoms with Crippen LogP contribution in [0.15, 0.2) is 23.3 Å². The van der Waals surface area contributed by atoms with Crippen molar-refractivity contribution in [2.75, 3.05) is 0 Å². The first-order chi connectivity index (χ1) is 7.73. The Morgan fingerprint density at radius 1 is 1.31 bits per heavy atom. The first-order valence-corrected chi connectivity index (χ1v) is 6.65. The zero-order valence-corrected chi connectivity index (χ0v) is 10.1. The lowest BCUT2D eigenvalue weighted by atomic mass is 9.69. The molecule has 1 nitrogen and oxygen atoms in total. The smallest absolute Gasteiger partial charge is 0.162 e. The summed E-state index contributed by atoms with van der Waals surface area (Å²) in [7, 11) is 0. The molecule has 3 rings (SSSR count). The van der Waals surface area contributed by atoms with Crippen LogP contribution in [0.1, 0.15) is 51.9 Å². The van der Waals surface area contributed by atoms with Gasteiger partial charge in [0.05, 0.1) is 0 Å². The molecule has 0 radical (unpaired) electrons. The van der Waals surface area contributed by atoms with Gasteiger partial charge in [-0.15, -0.1) is 0 Å². The van der Waals surface area contributed by atoms with Gasteiger partial charge in [0, 0.05) is 16.9 Å². The van der Waals surface area contributed by atoms with Crippen molar-refractivity contribution in [1.29, 1.82) is 0 Å². The van der Waals surface area contributed by atoms with Crippen molar-refractivity contribution < 1.29 is 4.79 Å². The van der Waals surface area contributed by atoms with Crippen LogP contribution < -0.4 is 0 Å². The first-order valence-electron chi connectivity index (χ1n) is 6.65. The molecule has 16 heavy (non-hydrogen) atoms. The van der Waals surface area contributed by atoms with Gasteiger partial charge in [0.25, 0.3) is 0 Å². The van der Waals surface area contributed by atoms with Gasteiger partial charge in [0.15, 0.2) is 5.78 Å². The Balaban J connectivity index is 2.00. The summed E-state index contributed by atoms with van der Waals surface area (Å²) >= 11 is 0. The Morgan fingerprint density at radius 2 is 2.00 bits per heavy atom. The van der Waals surface area contributed by atoms with Crippen molar-refractivity contribution in [3.63, 3.8) is 0 Å². The Kier molecular flexibility index (Phi) is 2.31. The van der Waals surface area contributed by atoms with Crippen LogP contribution in [-0.2, 0) is 4.79 Å². The summed E-state index contributed by atoms with van der Waals surface area (Å²) in [6.07, 6.45) is 12.9. The minimum Gasteiger partial charge on any atom is -0.294 e. The van der Waals surface area contributed by atoms with E-state index in [2.05, 4.69) is 19.1 Å². The highest BCUT2D eigenvalue weighted by Gasteiger charge is 2.45. The van der Waals surface area contributed by atoms with Gasteiger partial charge >= 0.3 is 0 Å². The Morgan fingerprint density at radius 3 is 2.62 bits per heavy atom. The number of rotatable bonds is 2. The molecule has 0 aliphatic heterocycles. The quantitative estimate of drug-likeness (QED) is 0.686. The second kappa shape index (κ2) is 3.58. The van der Waals surface area contributed by atoms with Crippen LogP contribution in [-0.4, -0.2) is 5.78 Å². The number of carbonyl (C=O) groups excluding carboxylic acids is 1. The van der Waals surface area contributed by atoms with Gasteiger partial charge < -0.3 is 0 Å². The Bertz CT molecular complexity index is 376. The molecule has 0 heterocycles. The first kappa shape index (κ1) is 10.3. The normalized spacial score (nSPS) is 27.8. The van der Waals surface area contributed by atoms with Gasteiger partial charge in [-0.2, -0.15) is 0 Å². The van der Waals surface area contributed by atoms with Crippen LogP contribution in [0, 0.1) is 11.3 Å². The van der Waals surface area contributed by atoms with E-state index in [1.165, 1.54) is 36.8 Å². The summed E-state index contributed by atoms with van der Waals surface area (Å²) in [5.41, 5.74) is 2.72. The third-order valence-corrected chi connectivity index (χ3v) is 4.56. The highest BCUT2D eigenvalue weighted by atomic mass is 16.1. The second-order valence-electron chi connectivity index (χ2n) is 5.79. The minimum atomic E-state index is 0.249. The summed E-state index contributed by atoms with van der Waals surface area (Å²) in [5.74, 6) is 0.873. The monoisotopic (exact) mass is 216 g/mol. The van der Waals surface area contributed by atoms with Gasteiger partial charge in [-0.1, -0.05) is 25.0 Å². The topological polar surface area (TPSA) is 17.1 Å². The van der Waals surface area contributed by atoms with E-state index in [1.54, 1.807) is 0 Å². The van der Waals surface area contributed by atoms with Crippen LogP contribution in [0.25, 0.3) is 0 Å². The Labute approximate surface area is 97.6 Å². The van der Waals surface area contributed by atoms with E-state index in [0.29, 0.717) is 11.7 Å². The maximum Gasteiger partial charge on any atom is 0.162 e. The van der Waals surface area contributed by atoms with Crippen molar-refractivity contribution in [1.82, 2.24) is 0 Å². The SMILES string of the molecule is CC1=C(C(=O)C2CC2)C2(CC=C1)CCCC2.